The number of hydrogen-bond donors (Lipinski definition) is 0. The van der Waals surface area contributed by atoms with Crippen LogP contribution in [0.4, 0.5) is 0 Å². The highest BCUT2D eigenvalue weighted by atomic mass is 16.5. The molecule has 0 aliphatic heterocycles. The first-order chi connectivity index (χ1) is 13.3. The van der Waals surface area contributed by atoms with Crippen molar-refractivity contribution in [3.8, 4) is 11.6 Å². The Hall–Kier alpha value is -3.80. The topological polar surface area (TPSA) is 74.2 Å². The summed E-state index contributed by atoms with van der Waals surface area (Å²) in [5.74, 6) is 0.143. The van der Waals surface area contributed by atoms with Gasteiger partial charge in [0.25, 0.3) is 0 Å². The average Bonchev–Trinajstić information content (AvgIpc) is 2.73. The minimum Gasteiger partial charge on any atom is -0.457 e. The zero-order valence-electron chi connectivity index (χ0n) is 14.3. The zero-order valence-corrected chi connectivity index (χ0v) is 14.3. The number of carbonyl (C=O) groups is 1. The van der Waals surface area contributed by atoms with E-state index in [1.54, 1.807) is 49.1 Å². The Bertz CT molecular complexity index is 1080. The van der Waals surface area contributed by atoms with Crippen LogP contribution in [0.25, 0.3) is 10.9 Å². The average molecular weight is 357 g/mol. The Morgan fingerprint density at radius 1 is 0.889 bits per heavy atom. The molecule has 0 amide bonds. The number of nitrogens with zero attached hydrogens (tertiary/aromatic N) is 3. The molecule has 6 heteroatoms. The molecule has 0 saturated carbocycles. The molecule has 0 bridgehead atoms. The van der Waals surface area contributed by atoms with Crippen molar-refractivity contribution in [2.45, 2.75) is 6.61 Å². The van der Waals surface area contributed by atoms with Gasteiger partial charge in [-0.25, -0.2) is 9.78 Å². The highest BCUT2D eigenvalue weighted by Crippen LogP contribution is 2.23. The van der Waals surface area contributed by atoms with Crippen molar-refractivity contribution in [3.63, 3.8) is 0 Å². The number of aromatic nitrogens is 3. The van der Waals surface area contributed by atoms with Gasteiger partial charge in [0.15, 0.2) is 0 Å². The van der Waals surface area contributed by atoms with Gasteiger partial charge in [0.2, 0.25) is 5.88 Å². The van der Waals surface area contributed by atoms with Crippen LogP contribution in [-0.2, 0) is 11.3 Å². The number of esters is 1. The number of para-hydroxylation sites is 1. The van der Waals surface area contributed by atoms with Gasteiger partial charge in [0.05, 0.1) is 11.7 Å². The standard InChI is InChI=1S/C21H15N3O3/c25-21(26-14-16-6-1-5-15-7-2-11-23-19(15)16)18-9-4-12-24-20(18)27-17-8-3-10-22-13-17/h1-13H,14H2. The van der Waals surface area contributed by atoms with Crippen LogP contribution >= 0.6 is 0 Å². The van der Waals surface area contributed by atoms with Gasteiger partial charge >= 0.3 is 5.97 Å². The predicted octanol–water partition coefficient (Wildman–Crippen LogP) is 4.17. The number of hydrogen-bond acceptors (Lipinski definition) is 6. The Morgan fingerprint density at radius 3 is 2.59 bits per heavy atom. The zero-order chi connectivity index (χ0) is 18.5. The molecule has 4 rings (SSSR count). The maximum absolute atomic E-state index is 12.6. The lowest BCUT2D eigenvalue weighted by Crippen LogP contribution is -2.08. The molecule has 0 aliphatic rings. The van der Waals surface area contributed by atoms with E-state index in [0.29, 0.717) is 5.75 Å². The third kappa shape index (κ3) is 3.74. The van der Waals surface area contributed by atoms with E-state index in [1.807, 2.05) is 30.3 Å². The first-order valence-electron chi connectivity index (χ1n) is 8.34. The summed E-state index contributed by atoms with van der Waals surface area (Å²) >= 11 is 0. The molecule has 0 atom stereocenters. The second-order valence-electron chi connectivity index (χ2n) is 5.72. The van der Waals surface area contributed by atoms with Gasteiger partial charge < -0.3 is 9.47 Å². The molecule has 3 aromatic heterocycles. The van der Waals surface area contributed by atoms with Crippen molar-refractivity contribution >= 4 is 16.9 Å². The van der Waals surface area contributed by atoms with Gasteiger partial charge in [-0.1, -0.05) is 24.3 Å². The minimum atomic E-state index is -0.519. The minimum absolute atomic E-state index is 0.106. The molecular formula is C21H15N3O3. The van der Waals surface area contributed by atoms with E-state index < -0.39 is 5.97 Å². The van der Waals surface area contributed by atoms with Crippen LogP contribution in [0.2, 0.25) is 0 Å². The van der Waals surface area contributed by atoms with E-state index in [-0.39, 0.29) is 18.1 Å². The lowest BCUT2D eigenvalue weighted by molar-refractivity contribution is 0.0470. The summed E-state index contributed by atoms with van der Waals surface area (Å²) in [4.78, 5) is 25.1. The first-order valence-corrected chi connectivity index (χ1v) is 8.34. The lowest BCUT2D eigenvalue weighted by Gasteiger charge is -2.10. The van der Waals surface area contributed by atoms with Crippen molar-refractivity contribution in [3.05, 3.63) is 90.5 Å². The van der Waals surface area contributed by atoms with Gasteiger partial charge in [0, 0.05) is 29.5 Å². The normalized spacial score (nSPS) is 10.5. The van der Waals surface area contributed by atoms with E-state index in [4.69, 9.17) is 9.47 Å². The summed E-state index contributed by atoms with van der Waals surface area (Å²) in [5.41, 5.74) is 1.89. The monoisotopic (exact) mass is 357 g/mol. The van der Waals surface area contributed by atoms with Gasteiger partial charge in [-0.3, -0.25) is 9.97 Å². The molecule has 6 nitrogen and oxygen atoms in total. The van der Waals surface area contributed by atoms with E-state index in [9.17, 15) is 4.79 Å². The fourth-order valence-corrected chi connectivity index (χ4v) is 2.65. The number of pyridine rings is 3. The molecule has 4 aromatic rings. The first kappa shape index (κ1) is 16.7. The van der Waals surface area contributed by atoms with Gasteiger partial charge in [-0.15, -0.1) is 0 Å². The summed E-state index contributed by atoms with van der Waals surface area (Å²) < 4.78 is 11.2. The molecule has 0 N–H and O–H groups in total. The van der Waals surface area contributed by atoms with E-state index >= 15 is 0 Å². The van der Waals surface area contributed by atoms with Crippen LogP contribution in [0, 0.1) is 0 Å². The highest BCUT2D eigenvalue weighted by Gasteiger charge is 2.16. The molecule has 0 aliphatic carbocycles. The summed E-state index contributed by atoms with van der Waals surface area (Å²) in [6.45, 7) is 0.106. The molecule has 1 aromatic carbocycles. The lowest BCUT2D eigenvalue weighted by atomic mass is 10.1. The van der Waals surface area contributed by atoms with Crippen molar-refractivity contribution in [1.82, 2.24) is 15.0 Å². The Morgan fingerprint density at radius 2 is 1.70 bits per heavy atom. The van der Waals surface area contributed by atoms with E-state index in [1.165, 1.54) is 0 Å². The fraction of sp³-hybridized carbons (Fsp3) is 0.0476. The number of ether oxygens (including phenoxy) is 2. The maximum Gasteiger partial charge on any atom is 0.344 e. The number of carbonyl (C=O) groups excluding carboxylic acids is 1. The fourth-order valence-electron chi connectivity index (χ4n) is 2.65. The summed E-state index contributed by atoms with van der Waals surface area (Å²) in [6.07, 6.45) is 6.45. The predicted molar refractivity (Wildman–Crippen MR) is 99.4 cm³/mol. The molecule has 0 saturated heterocycles. The summed E-state index contributed by atoms with van der Waals surface area (Å²) in [5, 5.41) is 0.994. The van der Waals surface area contributed by atoms with Gasteiger partial charge in [-0.2, -0.15) is 0 Å². The Balaban J connectivity index is 1.53. The summed E-state index contributed by atoms with van der Waals surface area (Å²) in [7, 11) is 0. The molecule has 0 radical (unpaired) electrons. The van der Waals surface area contributed by atoms with Crippen LogP contribution < -0.4 is 4.74 Å². The number of fused-ring (bicyclic) bond motifs is 1. The van der Waals surface area contributed by atoms with Crippen molar-refractivity contribution in [1.29, 1.82) is 0 Å². The van der Waals surface area contributed by atoms with Crippen molar-refractivity contribution in [2.24, 2.45) is 0 Å². The molecular weight excluding hydrogens is 342 g/mol. The van der Waals surface area contributed by atoms with Crippen molar-refractivity contribution < 1.29 is 14.3 Å². The summed E-state index contributed by atoms with van der Waals surface area (Å²) in [6, 6.07) is 16.4. The second kappa shape index (κ2) is 7.61. The third-order valence-corrected chi connectivity index (χ3v) is 3.92. The van der Waals surface area contributed by atoms with Crippen LogP contribution in [-0.4, -0.2) is 20.9 Å². The SMILES string of the molecule is O=C(OCc1cccc2cccnc12)c1cccnc1Oc1cccnc1. The Kier molecular flexibility index (Phi) is 4.70. The molecule has 0 fully saturated rings. The van der Waals surface area contributed by atoms with E-state index in [0.717, 1.165) is 16.5 Å². The second-order valence-corrected chi connectivity index (χ2v) is 5.72. The molecule has 27 heavy (non-hydrogen) atoms. The third-order valence-electron chi connectivity index (χ3n) is 3.92. The van der Waals surface area contributed by atoms with Crippen LogP contribution in [0.3, 0.4) is 0 Å². The molecule has 0 spiro atoms. The van der Waals surface area contributed by atoms with Gasteiger partial charge in [0.1, 0.15) is 17.9 Å². The van der Waals surface area contributed by atoms with E-state index in [2.05, 4.69) is 15.0 Å². The van der Waals surface area contributed by atoms with Gasteiger partial charge in [-0.05, 0) is 30.3 Å². The van der Waals surface area contributed by atoms with Crippen LogP contribution in [0.1, 0.15) is 15.9 Å². The largest absolute Gasteiger partial charge is 0.457 e. The quantitative estimate of drug-likeness (QED) is 0.499. The smallest absolute Gasteiger partial charge is 0.344 e. The Labute approximate surface area is 155 Å². The number of rotatable bonds is 5. The maximum atomic E-state index is 12.6. The molecule has 3 heterocycles. The molecule has 132 valence electrons. The molecule has 0 unspecified atom stereocenters. The van der Waals surface area contributed by atoms with Crippen LogP contribution in [0.15, 0.2) is 79.4 Å². The van der Waals surface area contributed by atoms with Crippen LogP contribution in [0.5, 0.6) is 11.6 Å². The number of benzene rings is 1. The van der Waals surface area contributed by atoms with Crippen molar-refractivity contribution in [2.75, 3.05) is 0 Å². The highest BCUT2D eigenvalue weighted by molar-refractivity contribution is 5.92.